The van der Waals surface area contributed by atoms with Crippen molar-refractivity contribution < 1.29 is 9.21 Å². The molecule has 1 heterocycles. The largest absolute Gasteiger partial charge is 0.444 e. The number of hydrogen-bond acceptors (Lipinski definition) is 5. The third kappa shape index (κ3) is 3.11. The smallest absolute Gasteiger partial charge is 0.251 e. The van der Waals surface area contributed by atoms with Crippen molar-refractivity contribution in [3.05, 3.63) is 47.7 Å². The van der Waals surface area contributed by atoms with Gasteiger partial charge in [0.2, 0.25) is 5.89 Å². The van der Waals surface area contributed by atoms with E-state index in [-0.39, 0.29) is 11.9 Å². The Labute approximate surface area is 111 Å². The van der Waals surface area contributed by atoms with Gasteiger partial charge < -0.3 is 15.2 Å². The number of oxazole rings is 1. The Hall–Kier alpha value is -2.34. The molecule has 0 saturated carbocycles. The van der Waals surface area contributed by atoms with Gasteiger partial charge >= 0.3 is 0 Å². The molecule has 6 heteroatoms. The van der Waals surface area contributed by atoms with Crippen LogP contribution in [-0.2, 0) is 0 Å². The molecule has 0 bridgehead atoms. The number of hydrogen-bond donors (Lipinski definition) is 3. The molecule has 0 saturated heterocycles. The van der Waals surface area contributed by atoms with Gasteiger partial charge in [-0.2, -0.15) is 0 Å². The zero-order valence-electron chi connectivity index (χ0n) is 10.8. The van der Waals surface area contributed by atoms with E-state index in [1.165, 1.54) is 0 Å². The Morgan fingerprint density at radius 3 is 2.58 bits per heavy atom. The maximum Gasteiger partial charge on any atom is 0.251 e. The summed E-state index contributed by atoms with van der Waals surface area (Å²) < 4.78 is 5.37. The molecular formula is C13H16N4O2. The summed E-state index contributed by atoms with van der Waals surface area (Å²) in [7, 11) is 0. The molecular weight excluding hydrogens is 244 g/mol. The molecule has 0 fully saturated rings. The van der Waals surface area contributed by atoms with Crippen LogP contribution in [0.15, 0.2) is 34.9 Å². The van der Waals surface area contributed by atoms with Crippen LogP contribution in [0.25, 0.3) is 0 Å². The lowest BCUT2D eigenvalue weighted by molar-refractivity contribution is 0.0934. The van der Waals surface area contributed by atoms with Crippen LogP contribution >= 0.6 is 0 Å². The molecule has 0 aliphatic heterocycles. The van der Waals surface area contributed by atoms with E-state index in [4.69, 9.17) is 10.3 Å². The average molecular weight is 260 g/mol. The van der Waals surface area contributed by atoms with Gasteiger partial charge in [0.25, 0.3) is 5.91 Å². The number of nitrogens with one attached hydrogen (secondary N) is 2. The first-order valence-electron chi connectivity index (χ1n) is 5.90. The van der Waals surface area contributed by atoms with Gasteiger partial charge in [-0.3, -0.25) is 10.6 Å². The minimum absolute atomic E-state index is 0.188. The Balaban J connectivity index is 2.03. The first kappa shape index (κ1) is 13.1. The molecule has 1 unspecified atom stereocenters. The zero-order valence-corrected chi connectivity index (χ0v) is 10.8. The van der Waals surface area contributed by atoms with E-state index in [0.29, 0.717) is 11.5 Å². The second-order valence-corrected chi connectivity index (χ2v) is 4.23. The maximum atomic E-state index is 12.0. The molecule has 0 aliphatic rings. The molecule has 0 aliphatic carbocycles. The summed E-state index contributed by atoms with van der Waals surface area (Å²) >= 11 is 0. The summed E-state index contributed by atoms with van der Waals surface area (Å²) in [5.74, 6) is 6.28. The molecule has 0 spiro atoms. The van der Waals surface area contributed by atoms with Crippen molar-refractivity contribution in [3.63, 3.8) is 0 Å². The van der Waals surface area contributed by atoms with Crippen LogP contribution in [0.2, 0.25) is 0 Å². The van der Waals surface area contributed by atoms with E-state index in [1.807, 2.05) is 13.8 Å². The summed E-state index contributed by atoms with van der Waals surface area (Å²) in [5, 5.41) is 2.82. The lowest BCUT2D eigenvalue weighted by Gasteiger charge is -2.10. The van der Waals surface area contributed by atoms with Gasteiger partial charge in [0.1, 0.15) is 11.8 Å². The second kappa shape index (κ2) is 5.53. The van der Waals surface area contributed by atoms with E-state index < -0.39 is 0 Å². The van der Waals surface area contributed by atoms with Gasteiger partial charge in [0.05, 0.1) is 6.20 Å². The van der Waals surface area contributed by atoms with E-state index in [2.05, 4.69) is 15.7 Å². The molecule has 2 aromatic rings. The molecule has 19 heavy (non-hydrogen) atoms. The Bertz CT molecular complexity index is 562. The van der Waals surface area contributed by atoms with Gasteiger partial charge in [-0.15, -0.1) is 0 Å². The number of nitrogens with two attached hydrogens (primary N) is 1. The fraction of sp³-hybridized carbons (Fsp3) is 0.231. The van der Waals surface area contributed by atoms with Crippen molar-refractivity contribution in [2.24, 2.45) is 5.84 Å². The number of rotatable bonds is 4. The van der Waals surface area contributed by atoms with E-state index in [0.717, 1.165) is 11.4 Å². The number of hydrazine groups is 1. The Kier molecular flexibility index (Phi) is 3.82. The van der Waals surface area contributed by atoms with Crippen molar-refractivity contribution in [1.82, 2.24) is 10.3 Å². The number of aryl methyl sites for hydroxylation is 1. The van der Waals surface area contributed by atoms with Crippen molar-refractivity contribution in [1.29, 1.82) is 0 Å². The van der Waals surface area contributed by atoms with Gasteiger partial charge in [-0.25, -0.2) is 4.98 Å². The summed E-state index contributed by atoms with van der Waals surface area (Å²) in [6.45, 7) is 3.63. The predicted octanol–water partition coefficient (Wildman–Crippen LogP) is 1.76. The Morgan fingerprint density at radius 2 is 2.05 bits per heavy atom. The fourth-order valence-electron chi connectivity index (χ4n) is 1.63. The van der Waals surface area contributed by atoms with Crippen molar-refractivity contribution in [2.75, 3.05) is 5.43 Å². The molecule has 1 atom stereocenters. The molecule has 1 amide bonds. The number of amides is 1. The van der Waals surface area contributed by atoms with E-state index in [1.54, 1.807) is 30.5 Å². The zero-order chi connectivity index (χ0) is 13.8. The van der Waals surface area contributed by atoms with Crippen LogP contribution in [-0.4, -0.2) is 10.9 Å². The number of anilines is 1. The summed E-state index contributed by atoms with van der Waals surface area (Å²) in [6, 6.07) is 6.56. The van der Waals surface area contributed by atoms with Gasteiger partial charge in [0, 0.05) is 11.3 Å². The van der Waals surface area contributed by atoms with Gasteiger partial charge in [-0.05, 0) is 38.1 Å². The highest BCUT2D eigenvalue weighted by atomic mass is 16.4. The third-order valence-corrected chi connectivity index (χ3v) is 2.67. The van der Waals surface area contributed by atoms with Crippen LogP contribution in [0.4, 0.5) is 5.69 Å². The quantitative estimate of drug-likeness (QED) is 0.575. The summed E-state index contributed by atoms with van der Waals surface area (Å²) in [4.78, 5) is 16.1. The maximum absolute atomic E-state index is 12.0. The number of aromatic nitrogens is 1. The minimum Gasteiger partial charge on any atom is -0.444 e. The first-order chi connectivity index (χ1) is 9.10. The molecule has 100 valence electrons. The SMILES string of the molecule is Cc1cnc(C(C)NC(=O)c2ccc(NN)cc2)o1. The van der Waals surface area contributed by atoms with Crippen LogP contribution in [0.1, 0.15) is 35.0 Å². The highest BCUT2D eigenvalue weighted by molar-refractivity contribution is 5.94. The second-order valence-electron chi connectivity index (χ2n) is 4.23. The summed E-state index contributed by atoms with van der Waals surface area (Å²) in [6.07, 6.45) is 1.62. The molecule has 1 aromatic heterocycles. The number of carbonyl (C=O) groups excluding carboxylic acids is 1. The van der Waals surface area contributed by atoms with Crippen molar-refractivity contribution >= 4 is 11.6 Å². The molecule has 2 rings (SSSR count). The van der Waals surface area contributed by atoms with E-state index >= 15 is 0 Å². The van der Waals surface area contributed by atoms with Crippen LogP contribution in [0.3, 0.4) is 0 Å². The molecule has 4 N–H and O–H groups in total. The molecule has 1 aromatic carbocycles. The van der Waals surface area contributed by atoms with Gasteiger partial charge in [0.15, 0.2) is 0 Å². The number of carbonyl (C=O) groups is 1. The fourth-order valence-corrected chi connectivity index (χ4v) is 1.63. The lowest BCUT2D eigenvalue weighted by Crippen LogP contribution is -2.26. The number of nitrogen functional groups attached to an aromatic ring is 1. The highest BCUT2D eigenvalue weighted by Crippen LogP contribution is 2.14. The van der Waals surface area contributed by atoms with Crippen molar-refractivity contribution in [2.45, 2.75) is 19.9 Å². The monoisotopic (exact) mass is 260 g/mol. The first-order valence-corrected chi connectivity index (χ1v) is 5.90. The standard InChI is InChI=1S/C13H16N4O2/c1-8-7-15-13(19-8)9(2)16-12(18)10-3-5-11(17-14)6-4-10/h3-7,9,17H,14H2,1-2H3,(H,16,18). The van der Waals surface area contributed by atoms with Gasteiger partial charge in [-0.1, -0.05) is 0 Å². The summed E-state index contributed by atoms with van der Waals surface area (Å²) in [5.41, 5.74) is 3.80. The lowest BCUT2D eigenvalue weighted by atomic mass is 10.2. The normalized spacial score (nSPS) is 11.9. The number of nitrogens with zero attached hydrogens (tertiary/aromatic N) is 1. The third-order valence-electron chi connectivity index (χ3n) is 2.67. The Morgan fingerprint density at radius 1 is 1.37 bits per heavy atom. The van der Waals surface area contributed by atoms with Crippen molar-refractivity contribution in [3.8, 4) is 0 Å². The molecule has 0 radical (unpaired) electrons. The van der Waals surface area contributed by atoms with Crippen LogP contribution in [0, 0.1) is 6.92 Å². The highest BCUT2D eigenvalue weighted by Gasteiger charge is 2.15. The molecule has 6 nitrogen and oxygen atoms in total. The van der Waals surface area contributed by atoms with Crippen LogP contribution < -0.4 is 16.6 Å². The number of benzene rings is 1. The average Bonchev–Trinajstić information content (AvgIpc) is 2.85. The van der Waals surface area contributed by atoms with Crippen LogP contribution in [0.5, 0.6) is 0 Å². The minimum atomic E-state index is -0.284. The van der Waals surface area contributed by atoms with E-state index in [9.17, 15) is 4.79 Å². The predicted molar refractivity (Wildman–Crippen MR) is 71.4 cm³/mol. The topological polar surface area (TPSA) is 93.2 Å².